The van der Waals surface area contributed by atoms with Crippen LogP contribution in [0.25, 0.3) is 0 Å². The summed E-state index contributed by atoms with van der Waals surface area (Å²) in [5.74, 6) is -0.211. The Balaban J connectivity index is 2.38. The predicted octanol–water partition coefficient (Wildman–Crippen LogP) is 0.228. The molecule has 0 saturated heterocycles. The fourth-order valence-electron chi connectivity index (χ4n) is 2.67. The van der Waals surface area contributed by atoms with Crippen molar-refractivity contribution in [1.82, 2.24) is 9.62 Å². The van der Waals surface area contributed by atoms with E-state index in [0.717, 1.165) is 11.3 Å². The van der Waals surface area contributed by atoms with Gasteiger partial charge < -0.3 is 10.1 Å². The van der Waals surface area contributed by atoms with Crippen molar-refractivity contribution in [3.63, 3.8) is 0 Å². The van der Waals surface area contributed by atoms with Crippen LogP contribution in [-0.2, 0) is 30.5 Å². The van der Waals surface area contributed by atoms with E-state index in [1.165, 1.54) is 10.4 Å². The van der Waals surface area contributed by atoms with E-state index in [0.29, 0.717) is 36.6 Å². The first-order chi connectivity index (χ1) is 11.2. The van der Waals surface area contributed by atoms with Crippen LogP contribution in [0.2, 0.25) is 0 Å². The Labute approximate surface area is 147 Å². The standard InChI is InChI=1S/C13H23N3O5S3/c1-3-15-11-8-16(5-4-6-21-2)23(17,18)9-12-10(11)7-13(22-12)24(14,19)20/h7,11,15H,3-6,8-9H2,1-2H3,(H2,14,19,20)/t11-/m0/s1. The maximum atomic E-state index is 12.7. The molecule has 138 valence electrons. The number of thiophene rings is 1. The highest BCUT2D eigenvalue weighted by Crippen LogP contribution is 2.35. The molecule has 0 amide bonds. The number of sulfonamides is 2. The molecule has 1 aromatic rings. The Morgan fingerprint density at radius 1 is 1.50 bits per heavy atom. The third kappa shape index (κ3) is 4.54. The van der Waals surface area contributed by atoms with Crippen LogP contribution in [0, 0.1) is 0 Å². The van der Waals surface area contributed by atoms with Crippen LogP contribution in [0.3, 0.4) is 0 Å². The van der Waals surface area contributed by atoms with Gasteiger partial charge in [0.25, 0.3) is 0 Å². The molecular weight excluding hydrogens is 374 g/mol. The van der Waals surface area contributed by atoms with Crippen LogP contribution in [0.5, 0.6) is 0 Å². The lowest BCUT2D eigenvalue weighted by Crippen LogP contribution is -2.38. The number of nitrogens with two attached hydrogens (primary N) is 1. The zero-order chi connectivity index (χ0) is 18.0. The fourth-order valence-corrected chi connectivity index (χ4v) is 6.63. The van der Waals surface area contributed by atoms with E-state index in [2.05, 4.69) is 5.32 Å². The van der Waals surface area contributed by atoms with Gasteiger partial charge in [-0.05, 0) is 24.6 Å². The van der Waals surface area contributed by atoms with Gasteiger partial charge in [-0.3, -0.25) is 0 Å². The molecule has 1 aliphatic rings. The van der Waals surface area contributed by atoms with Gasteiger partial charge in [-0.15, -0.1) is 11.3 Å². The predicted molar refractivity (Wildman–Crippen MR) is 92.8 cm³/mol. The van der Waals surface area contributed by atoms with Gasteiger partial charge in [0.2, 0.25) is 20.0 Å². The minimum atomic E-state index is -3.85. The summed E-state index contributed by atoms with van der Waals surface area (Å²) in [5, 5.41) is 8.43. The summed E-state index contributed by atoms with van der Waals surface area (Å²) < 4.78 is 54.9. The summed E-state index contributed by atoms with van der Waals surface area (Å²) in [6.07, 6.45) is 0.602. The van der Waals surface area contributed by atoms with Crippen LogP contribution in [0.4, 0.5) is 0 Å². The normalized spacial score (nSPS) is 21.4. The first kappa shape index (κ1) is 19.8. The summed E-state index contributed by atoms with van der Waals surface area (Å²) in [7, 11) is -5.80. The second-order valence-corrected chi connectivity index (χ2v) is 10.5. The van der Waals surface area contributed by atoms with Gasteiger partial charge in [-0.25, -0.2) is 22.0 Å². The van der Waals surface area contributed by atoms with E-state index in [4.69, 9.17) is 9.88 Å². The van der Waals surface area contributed by atoms with Gasteiger partial charge in [0, 0.05) is 37.7 Å². The van der Waals surface area contributed by atoms with E-state index in [1.807, 2.05) is 6.92 Å². The minimum Gasteiger partial charge on any atom is -0.385 e. The molecule has 11 heteroatoms. The molecule has 1 aliphatic heterocycles. The van der Waals surface area contributed by atoms with E-state index in [1.54, 1.807) is 7.11 Å². The molecule has 24 heavy (non-hydrogen) atoms. The summed E-state index contributed by atoms with van der Waals surface area (Å²) >= 11 is 0.934. The van der Waals surface area contributed by atoms with E-state index in [-0.39, 0.29) is 22.5 Å². The maximum absolute atomic E-state index is 12.7. The smallest absolute Gasteiger partial charge is 0.247 e. The zero-order valence-corrected chi connectivity index (χ0v) is 16.1. The second-order valence-electron chi connectivity index (χ2n) is 5.56. The van der Waals surface area contributed by atoms with Crippen LogP contribution in [-0.4, -0.2) is 54.5 Å². The molecule has 0 aromatic carbocycles. The van der Waals surface area contributed by atoms with Crippen molar-refractivity contribution in [1.29, 1.82) is 0 Å². The first-order valence-corrected chi connectivity index (χ1v) is 11.5. The molecule has 8 nitrogen and oxygen atoms in total. The number of ether oxygens (including phenoxy) is 1. The number of primary sulfonamides is 1. The van der Waals surface area contributed by atoms with Crippen molar-refractivity contribution in [2.45, 2.75) is 29.3 Å². The van der Waals surface area contributed by atoms with Crippen LogP contribution >= 0.6 is 11.3 Å². The third-order valence-corrected chi connectivity index (χ3v) is 8.30. The summed E-state index contributed by atoms with van der Waals surface area (Å²) in [6, 6.07) is 1.23. The van der Waals surface area contributed by atoms with Crippen LogP contribution in [0.15, 0.2) is 10.3 Å². The molecule has 3 N–H and O–H groups in total. The molecule has 0 unspecified atom stereocenters. The highest BCUT2D eigenvalue weighted by atomic mass is 32.2. The maximum Gasteiger partial charge on any atom is 0.247 e. The lowest BCUT2D eigenvalue weighted by atomic mass is 10.1. The van der Waals surface area contributed by atoms with Crippen molar-refractivity contribution >= 4 is 31.4 Å². The van der Waals surface area contributed by atoms with Crippen molar-refractivity contribution in [3.8, 4) is 0 Å². The molecule has 0 saturated carbocycles. The monoisotopic (exact) mass is 397 g/mol. The molecule has 2 heterocycles. The zero-order valence-electron chi connectivity index (χ0n) is 13.7. The molecular formula is C13H23N3O5S3. The Morgan fingerprint density at radius 2 is 2.21 bits per heavy atom. The van der Waals surface area contributed by atoms with Crippen molar-refractivity contribution < 1.29 is 21.6 Å². The number of methoxy groups -OCH3 is 1. The third-order valence-electron chi connectivity index (χ3n) is 3.77. The Hall–Kier alpha value is -0.560. The molecule has 1 atom stereocenters. The summed E-state index contributed by atoms with van der Waals surface area (Å²) in [5.41, 5.74) is 0.698. The second kappa shape index (κ2) is 7.77. The van der Waals surface area contributed by atoms with E-state index >= 15 is 0 Å². The number of nitrogens with zero attached hydrogens (tertiary/aromatic N) is 1. The van der Waals surface area contributed by atoms with Crippen LogP contribution < -0.4 is 10.5 Å². The Bertz CT molecular complexity index is 773. The van der Waals surface area contributed by atoms with E-state index in [9.17, 15) is 16.8 Å². The highest BCUT2D eigenvalue weighted by molar-refractivity contribution is 7.91. The summed E-state index contributed by atoms with van der Waals surface area (Å²) in [4.78, 5) is 0.527. The topological polar surface area (TPSA) is 119 Å². The number of rotatable bonds is 7. The largest absolute Gasteiger partial charge is 0.385 e. The number of hydrogen-bond donors (Lipinski definition) is 2. The van der Waals surface area contributed by atoms with Crippen molar-refractivity contribution in [2.75, 3.05) is 33.4 Å². The number of fused-ring (bicyclic) bond motifs is 1. The average molecular weight is 398 g/mol. The van der Waals surface area contributed by atoms with Gasteiger partial charge in [-0.2, -0.15) is 4.31 Å². The van der Waals surface area contributed by atoms with E-state index < -0.39 is 20.0 Å². The van der Waals surface area contributed by atoms with Crippen molar-refractivity contribution in [3.05, 3.63) is 16.5 Å². The quantitative estimate of drug-likeness (QED) is 0.636. The minimum absolute atomic E-state index is 0.00145. The highest BCUT2D eigenvalue weighted by Gasteiger charge is 2.34. The van der Waals surface area contributed by atoms with Gasteiger partial charge in [0.1, 0.15) is 4.21 Å². The van der Waals surface area contributed by atoms with Gasteiger partial charge in [0.15, 0.2) is 0 Å². The molecule has 0 aliphatic carbocycles. The number of likely N-dealkylation sites (N-methyl/N-ethyl adjacent to an activating group) is 1. The molecule has 0 radical (unpaired) electrons. The average Bonchev–Trinajstić information content (AvgIpc) is 2.84. The fraction of sp³-hybridized carbons (Fsp3) is 0.692. The lowest BCUT2D eigenvalue weighted by Gasteiger charge is -2.24. The number of nitrogens with one attached hydrogen (secondary N) is 1. The van der Waals surface area contributed by atoms with Gasteiger partial charge in [0.05, 0.1) is 5.75 Å². The Morgan fingerprint density at radius 3 is 2.79 bits per heavy atom. The number of hydrogen-bond acceptors (Lipinski definition) is 7. The van der Waals surface area contributed by atoms with Gasteiger partial charge in [-0.1, -0.05) is 6.92 Å². The SMILES string of the molecule is CCN[C@H]1CN(CCCOC)S(=O)(=O)Cc2sc(S(N)(=O)=O)cc21. The molecule has 2 rings (SSSR count). The molecule has 0 fully saturated rings. The molecule has 0 bridgehead atoms. The van der Waals surface area contributed by atoms with Gasteiger partial charge >= 0.3 is 0 Å². The first-order valence-electron chi connectivity index (χ1n) is 7.54. The lowest BCUT2D eigenvalue weighted by molar-refractivity contribution is 0.186. The Kier molecular flexibility index (Phi) is 6.40. The van der Waals surface area contributed by atoms with Crippen LogP contribution in [0.1, 0.15) is 29.8 Å². The summed E-state index contributed by atoms with van der Waals surface area (Å²) in [6.45, 7) is 3.66. The molecule has 0 spiro atoms. The molecule has 1 aromatic heterocycles. The van der Waals surface area contributed by atoms with Crippen molar-refractivity contribution in [2.24, 2.45) is 5.14 Å².